The Hall–Kier alpha value is -1.58. The molecular weight excluding hydrogens is 187 g/mol. The molecule has 0 radical (unpaired) electrons. The molecule has 0 aliphatic heterocycles. The van der Waals surface area contributed by atoms with Gasteiger partial charge in [-0.25, -0.2) is 0 Å². The molecule has 2 rings (SSSR count). The van der Waals surface area contributed by atoms with E-state index in [-0.39, 0.29) is 16.6 Å². The van der Waals surface area contributed by atoms with Crippen LogP contribution in [0.2, 0.25) is 0 Å². The highest BCUT2D eigenvalue weighted by Crippen LogP contribution is 2.16. The summed E-state index contributed by atoms with van der Waals surface area (Å²) >= 11 is 0. The van der Waals surface area contributed by atoms with Gasteiger partial charge in [0.1, 0.15) is 0 Å². The van der Waals surface area contributed by atoms with Crippen molar-refractivity contribution < 1.29 is 21.0 Å². The van der Waals surface area contributed by atoms with Crippen LogP contribution in [0.25, 0.3) is 11.1 Å². The van der Waals surface area contributed by atoms with Crippen LogP contribution in [-0.2, 0) is 0 Å². The van der Waals surface area contributed by atoms with Crippen LogP contribution in [0.3, 0.4) is 0 Å². The van der Waals surface area contributed by atoms with Gasteiger partial charge in [0, 0.05) is 0 Å². The smallest absolute Gasteiger partial charge is 0.423 e. The molecule has 0 fully saturated rings. The molecule has 0 aliphatic rings. The molecule has 2 aromatic carbocycles. The zero-order chi connectivity index (χ0) is 17.6. The number of hydrogen-bond acceptors (Lipinski definition) is 2. The van der Waals surface area contributed by atoms with E-state index in [4.69, 9.17) is 11.0 Å². The average molecular weight is 206 g/mol. The third-order valence-corrected chi connectivity index (χ3v) is 1.75. The molecule has 0 saturated carbocycles. The van der Waals surface area contributed by atoms with Crippen LogP contribution in [0, 0.1) is 0 Å². The van der Waals surface area contributed by atoms with Crippen LogP contribution in [0.5, 0.6) is 0 Å². The molecule has 2 nitrogen and oxygen atoms in total. The van der Waals surface area contributed by atoms with Gasteiger partial charge in [0.15, 0.2) is 0 Å². The Morgan fingerprint density at radius 2 is 1.53 bits per heavy atom. The Balaban J connectivity index is 2.94. The molecule has 0 amide bonds. The maximum Gasteiger partial charge on any atom is 0.488 e. The average Bonchev–Trinajstić information content (AvgIpc) is 2.50. The molecule has 0 saturated heterocycles. The molecule has 0 aliphatic carbocycles. The van der Waals surface area contributed by atoms with Crippen LogP contribution in [0.15, 0.2) is 54.4 Å². The van der Waals surface area contributed by atoms with E-state index in [1.54, 1.807) is 0 Å². The fourth-order valence-corrected chi connectivity index (χ4v) is 1.06. The lowest BCUT2D eigenvalue weighted by molar-refractivity contribution is 0.426. The first-order valence-corrected chi connectivity index (χ1v) is 4.13. The van der Waals surface area contributed by atoms with Crippen molar-refractivity contribution in [1.29, 1.82) is 0 Å². The second-order valence-corrected chi connectivity index (χ2v) is 2.76. The van der Waals surface area contributed by atoms with E-state index in [1.807, 2.05) is 0 Å². The maximum atomic E-state index is 9.28. The number of benzene rings is 2. The van der Waals surface area contributed by atoms with Crippen molar-refractivity contribution in [3.8, 4) is 11.1 Å². The summed E-state index contributed by atoms with van der Waals surface area (Å²) in [6.07, 6.45) is 0. The van der Waals surface area contributed by atoms with Gasteiger partial charge in [-0.15, -0.1) is 0 Å². The lowest BCUT2D eigenvalue weighted by Gasteiger charge is -2.04. The lowest BCUT2D eigenvalue weighted by Crippen LogP contribution is -2.29. The minimum absolute atomic E-state index is 0.230. The first kappa shape index (κ1) is 4.12. The van der Waals surface area contributed by atoms with E-state index in [1.165, 1.54) is 0 Å². The summed E-state index contributed by atoms with van der Waals surface area (Å²) in [5.41, 5.74) is -0.935. The van der Waals surface area contributed by atoms with E-state index in [0.29, 0.717) is 0 Å². The maximum absolute atomic E-state index is 9.28. The van der Waals surface area contributed by atoms with E-state index < -0.39 is 55.5 Å². The summed E-state index contributed by atoms with van der Waals surface area (Å²) in [5, 5.41) is 18.6. The van der Waals surface area contributed by atoms with E-state index in [9.17, 15) is 10.0 Å². The Bertz CT molecular complexity index is 780. The van der Waals surface area contributed by atoms with Crippen LogP contribution in [-0.4, -0.2) is 17.2 Å². The van der Waals surface area contributed by atoms with Crippen LogP contribution in [0.1, 0.15) is 11.0 Å². The van der Waals surface area contributed by atoms with Gasteiger partial charge in [0.2, 0.25) is 0 Å². The minimum atomic E-state index is -2.09. The van der Waals surface area contributed by atoms with E-state index >= 15 is 0 Å². The van der Waals surface area contributed by atoms with Crippen molar-refractivity contribution in [2.45, 2.75) is 0 Å². The van der Waals surface area contributed by atoms with Crippen molar-refractivity contribution >= 4 is 12.6 Å². The summed E-state index contributed by atoms with van der Waals surface area (Å²) in [6, 6.07) is -3.68. The zero-order valence-electron chi connectivity index (χ0n) is 15.5. The lowest BCUT2D eigenvalue weighted by atomic mass is 9.79. The number of hydrogen-bond donors (Lipinski definition) is 2. The van der Waals surface area contributed by atoms with Crippen molar-refractivity contribution in [3.05, 3.63) is 54.4 Å². The summed E-state index contributed by atoms with van der Waals surface area (Å²) in [4.78, 5) is 0. The third kappa shape index (κ3) is 2.26. The molecule has 0 heterocycles. The zero-order valence-corrected chi connectivity index (χ0v) is 7.55. The SMILES string of the molecule is [2H]c1c(B(O)O)cc(-c2c([2H])c([2H])c([2H])c([2H])c2[2H])c([2H])c1[2H]. The summed E-state index contributed by atoms with van der Waals surface area (Å²) < 4.78 is 61.8. The van der Waals surface area contributed by atoms with Crippen molar-refractivity contribution in [3.63, 3.8) is 0 Å². The van der Waals surface area contributed by atoms with Gasteiger partial charge >= 0.3 is 7.12 Å². The molecular formula is C12H11BO2. The molecule has 15 heavy (non-hydrogen) atoms. The summed E-state index contributed by atoms with van der Waals surface area (Å²) in [6.45, 7) is 0. The molecule has 2 aromatic rings. The van der Waals surface area contributed by atoms with Crippen molar-refractivity contribution in [2.75, 3.05) is 0 Å². The predicted molar refractivity (Wildman–Crippen MR) is 61.7 cm³/mol. The topological polar surface area (TPSA) is 40.5 Å². The van der Waals surface area contributed by atoms with Gasteiger partial charge in [0.25, 0.3) is 0 Å². The second kappa shape index (κ2) is 4.30. The first-order valence-electron chi connectivity index (χ1n) is 8.13. The predicted octanol–water partition coefficient (Wildman–Crippen LogP) is 1.03. The highest BCUT2D eigenvalue weighted by molar-refractivity contribution is 6.58. The van der Waals surface area contributed by atoms with E-state index in [2.05, 4.69) is 0 Å². The quantitative estimate of drug-likeness (QED) is 0.720. The fourth-order valence-electron chi connectivity index (χ4n) is 1.06. The Kier molecular flexibility index (Phi) is 1.18. The largest absolute Gasteiger partial charge is 0.488 e. The van der Waals surface area contributed by atoms with Crippen LogP contribution in [0.4, 0.5) is 0 Å². The van der Waals surface area contributed by atoms with Gasteiger partial charge in [-0.2, -0.15) is 0 Å². The monoisotopic (exact) mass is 206 g/mol. The van der Waals surface area contributed by atoms with Gasteiger partial charge in [-0.1, -0.05) is 54.4 Å². The molecule has 2 N–H and O–H groups in total. The van der Waals surface area contributed by atoms with Gasteiger partial charge in [0.05, 0.1) is 11.0 Å². The second-order valence-electron chi connectivity index (χ2n) is 2.76. The minimum Gasteiger partial charge on any atom is -0.423 e. The van der Waals surface area contributed by atoms with Crippen LogP contribution >= 0.6 is 0 Å². The van der Waals surface area contributed by atoms with Gasteiger partial charge in [-0.3, -0.25) is 0 Å². The highest BCUT2D eigenvalue weighted by atomic mass is 16.4. The summed E-state index contributed by atoms with van der Waals surface area (Å²) in [5.74, 6) is 0. The molecule has 74 valence electrons. The van der Waals surface area contributed by atoms with E-state index in [0.717, 1.165) is 6.07 Å². The summed E-state index contributed by atoms with van der Waals surface area (Å²) in [7, 11) is -2.09. The Labute approximate surface area is 100 Å². The van der Waals surface area contributed by atoms with Gasteiger partial charge < -0.3 is 10.0 Å². The van der Waals surface area contributed by atoms with Crippen molar-refractivity contribution in [2.24, 2.45) is 0 Å². The molecule has 0 aromatic heterocycles. The Morgan fingerprint density at radius 3 is 2.20 bits per heavy atom. The molecule has 0 bridgehead atoms. The normalized spacial score (nSPS) is 17.5. The fraction of sp³-hybridized carbons (Fsp3) is 0. The van der Waals surface area contributed by atoms with Crippen LogP contribution < -0.4 is 5.46 Å². The molecule has 0 atom stereocenters. The molecule has 3 heteroatoms. The molecule has 0 unspecified atom stereocenters. The van der Waals surface area contributed by atoms with Gasteiger partial charge in [-0.05, 0) is 16.6 Å². The number of rotatable bonds is 2. The third-order valence-electron chi connectivity index (χ3n) is 1.75. The highest BCUT2D eigenvalue weighted by Gasteiger charge is 2.10. The Morgan fingerprint density at radius 1 is 0.867 bits per heavy atom. The first-order chi connectivity index (χ1) is 10.6. The van der Waals surface area contributed by atoms with Crippen molar-refractivity contribution in [1.82, 2.24) is 0 Å². The molecule has 0 spiro atoms. The standard InChI is InChI=1S/C12H11BO2/c14-13(15)12-8-4-7-11(9-12)10-5-2-1-3-6-10/h1-9,14-15H/i1D,2D,3D,4D,5D,6D,7D,8D.